The van der Waals surface area contributed by atoms with Crippen LogP contribution in [0.25, 0.3) is 0 Å². The minimum absolute atomic E-state index is 0.0804. The molecule has 4 heterocycles. The van der Waals surface area contributed by atoms with Crippen LogP contribution >= 0.6 is 0 Å². The molecule has 4 aliphatic rings. The van der Waals surface area contributed by atoms with E-state index in [4.69, 9.17) is 0 Å². The summed E-state index contributed by atoms with van der Waals surface area (Å²) < 4.78 is 0. The van der Waals surface area contributed by atoms with Crippen molar-refractivity contribution in [1.82, 2.24) is 15.1 Å². The van der Waals surface area contributed by atoms with E-state index in [1.165, 1.54) is 5.56 Å². The Morgan fingerprint density at radius 2 is 1.57 bits per heavy atom. The van der Waals surface area contributed by atoms with Crippen molar-refractivity contribution >= 4 is 23.6 Å². The summed E-state index contributed by atoms with van der Waals surface area (Å²) in [5.74, 6) is -2.11. The summed E-state index contributed by atoms with van der Waals surface area (Å²) in [7, 11) is 0. The average Bonchev–Trinajstić information content (AvgIpc) is 3.23. The predicted octanol–water partition coefficient (Wildman–Crippen LogP) is 2.10. The van der Waals surface area contributed by atoms with Crippen molar-refractivity contribution in [2.45, 2.75) is 68.8 Å². The summed E-state index contributed by atoms with van der Waals surface area (Å²) in [4.78, 5) is 53.5. The number of amides is 4. The van der Waals surface area contributed by atoms with Crippen molar-refractivity contribution in [3.63, 3.8) is 0 Å². The number of benzene rings is 2. The first kappa shape index (κ1) is 22.1. The van der Waals surface area contributed by atoms with Crippen LogP contribution in [-0.2, 0) is 21.7 Å². The second kappa shape index (κ2) is 8.10. The molecule has 4 amide bonds. The normalized spacial score (nSPS) is 30.5. The largest absolute Gasteiger partial charge is 0.385 e. The number of aliphatic hydroxyl groups is 1. The minimum Gasteiger partial charge on any atom is -0.385 e. The van der Waals surface area contributed by atoms with E-state index in [1.54, 1.807) is 18.2 Å². The Morgan fingerprint density at radius 3 is 2.26 bits per heavy atom. The zero-order valence-electron chi connectivity index (χ0n) is 19.3. The molecule has 3 fully saturated rings. The lowest BCUT2D eigenvalue weighted by molar-refractivity contribution is -0.136. The molecule has 3 unspecified atom stereocenters. The van der Waals surface area contributed by atoms with Gasteiger partial charge in [-0.25, -0.2) is 0 Å². The van der Waals surface area contributed by atoms with Crippen molar-refractivity contribution in [2.75, 3.05) is 0 Å². The van der Waals surface area contributed by atoms with Gasteiger partial charge in [-0.1, -0.05) is 36.4 Å². The molecule has 3 saturated heterocycles. The first-order chi connectivity index (χ1) is 16.8. The van der Waals surface area contributed by atoms with E-state index < -0.39 is 35.3 Å². The highest BCUT2D eigenvalue weighted by Crippen LogP contribution is 2.47. The van der Waals surface area contributed by atoms with Gasteiger partial charge in [0.25, 0.3) is 11.8 Å². The lowest BCUT2D eigenvalue weighted by Gasteiger charge is -2.44. The van der Waals surface area contributed by atoms with Gasteiger partial charge in [-0.15, -0.1) is 0 Å². The first-order valence-electron chi connectivity index (χ1n) is 12.2. The maximum Gasteiger partial charge on any atom is 0.262 e. The standard InChI is InChI=1S/C27H27N3O5/c31-23-11-10-22(24(32)28-23)30-25(33)20-9-6-17(12-21(20)26(30)34)27(35)13-18-7-8-19(14-27)29(18)15-16-4-2-1-3-5-16/h1-6,9,12,18-19,22,35H,7-8,10-11,13-15H2,(H,28,31,32). The number of piperidine rings is 2. The molecule has 4 aliphatic heterocycles. The summed E-state index contributed by atoms with van der Waals surface area (Å²) in [6.45, 7) is 0.852. The van der Waals surface area contributed by atoms with Gasteiger partial charge in [0.15, 0.2) is 0 Å². The second-order valence-corrected chi connectivity index (χ2v) is 10.2. The number of imide groups is 2. The van der Waals surface area contributed by atoms with Crippen LogP contribution in [0.15, 0.2) is 48.5 Å². The third-order valence-electron chi connectivity index (χ3n) is 8.10. The Bertz CT molecular complexity index is 1230. The van der Waals surface area contributed by atoms with Gasteiger partial charge in [-0.3, -0.25) is 34.3 Å². The van der Waals surface area contributed by atoms with Gasteiger partial charge in [-0.05, 0) is 55.4 Å². The molecule has 180 valence electrons. The maximum absolute atomic E-state index is 13.2. The molecule has 2 bridgehead atoms. The number of carbonyl (C=O) groups excluding carboxylic acids is 4. The van der Waals surface area contributed by atoms with Crippen molar-refractivity contribution < 1.29 is 24.3 Å². The lowest BCUT2D eigenvalue weighted by atomic mass is 9.79. The molecule has 35 heavy (non-hydrogen) atoms. The molecular formula is C27H27N3O5. The SMILES string of the molecule is O=C1CCC(N2C(=O)c3ccc(C4(O)CC5CCC(C4)N5Cc4ccccc4)cc3C2=O)C(=O)N1. The molecule has 0 radical (unpaired) electrons. The zero-order chi connectivity index (χ0) is 24.3. The lowest BCUT2D eigenvalue weighted by Crippen LogP contribution is -2.54. The fourth-order valence-electron chi connectivity index (χ4n) is 6.36. The number of hydrogen-bond donors (Lipinski definition) is 2. The number of hydrogen-bond acceptors (Lipinski definition) is 6. The molecule has 0 aliphatic carbocycles. The summed E-state index contributed by atoms with van der Waals surface area (Å²) in [5.41, 5.74) is 1.25. The maximum atomic E-state index is 13.2. The summed E-state index contributed by atoms with van der Waals surface area (Å²) >= 11 is 0. The van der Waals surface area contributed by atoms with E-state index >= 15 is 0 Å². The fourth-order valence-corrected chi connectivity index (χ4v) is 6.36. The van der Waals surface area contributed by atoms with Crippen LogP contribution in [0.1, 0.15) is 70.4 Å². The van der Waals surface area contributed by atoms with Crippen LogP contribution in [0, 0.1) is 0 Å². The van der Waals surface area contributed by atoms with Gasteiger partial charge in [0.05, 0.1) is 16.7 Å². The number of carbonyl (C=O) groups is 4. The molecule has 0 spiro atoms. The van der Waals surface area contributed by atoms with E-state index in [0.29, 0.717) is 18.4 Å². The highest BCUT2D eigenvalue weighted by Gasteiger charge is 2.50. The van der Waals surface area contributed by atoms with Crippen LogP contribution in [-0.4, -0.2) is 56.7 Å². The molecule has 3 atom stereocenters. The molecule has 2 N–H and O–H groups in total. The monoisotopic (exact) mass is 473 g/mol. The summed E-state index contributed by atoms with van der Waals surface area (Å²) in [6, 6.07) is 14.8. The average molecular weight is 474 g/mol. The van der Waals surface area contributed by atoms with Crippen LogP contribution in [0.4, 0.5) is 0 Å². The van der Waals surface area contributed by atoms with E-state index in [-0.39, 0.29) is 36.1 Å². The molecule has 0 saturated carbocycles. The van der Waals surface area contributed by atoms with E-state index in [9.17, 15) is 24.3 Å². The first-order valence-corrected chi connectivity index (χ1v) is 12.2. The highest BCUT2D eigenvalue weighted by molar-refractivity contribution is 6.23. The van der Waals surface area contributed by atoms with Crippen LogP contribution in [0.3, 0.4) is 0 Å². The van der Waals surface area contributed by atoms with Gasteiger partial charge in [-0.2, -0.15) is 0 Å². The number of nitrogens with zero attached hydrogens (tertiary/aromatic N) is 2. The van der Waals surface area contributed by atoms with Crippen molar-refractivity contribution in [3.8, 4) is 0 Å². The van der Waals surface area contributed by atoms with Gasteiger partial charge < -0.3 is 5.11 Å². The van der Waals surface area contributed by atoms with Crippen molar-refractivity contribution in [2.24, 2.45) is 0 Å². The molecule has 8 nitrogen and oxygen atoms in total. The van der Waals surface area contributed by atoms with Crippen molar-refractivity contribution in [3.05, 3.63) is 70.8 Å². The van der Waals surface area contributed by atoms with Gasteiger partial charge >= 0.3 is 0 Å². The topological polar surface area (TPSA) is 107 Å². The Kier molecular flexibility index (Phi) is 5.12. The van der Waals surface area contributed by atoms with E-state index in [2.05, 4.69) is 22.3 Å². The second-order valence-electron chi connectivity index (χ2n) is 10.2. The fraction of sp³-hybridized carbons (Fsp3) is 0.407. The minimum atomic E-state index is -1.08. The number of rotatable bonds is 4. The smallest absolute Gasteiger partial charge is 0.262 e. The van der Waals surface area contributed by atoms with E-state index in [0.717, 1.165) is 24.3 Å². The van der Waals surface area contributed by atoms with Gasteiger partial charge in [0.1, 0.15) is 6.04 Å². The third kappa shape index (κ3) is 3.59. The molecule has 8 heteroatoms. The Morgan fingerprint density at radius 1 is 0.886 bits per heavy atom. The third-order valence-corrected chi connectivity index (χ3v) is 8.10. The molecule has 2 aromatic carbocycles. The predicted molar refractivity (Wildman–Crippen MR) is 125 cm³/mol. The van der Waals surface area contributed by atoms with E-state index in [1.807, 2.05) is 18.2 Å². The quantitative estimate of drug-likeness (QED) is 0.659. The highest BCUT2D eigenvalue weighted by atomic mass is 16.3. The van der Waals surface area contributed by atoms with Crippen LogP contribution in [0.2, 0.25) is 0 Å². The Labute approximate surface area is 202 Å². The van der Waals surface area contributed by atoms with Crippen LogP contribution in [0.5, 0.6) is 0 Å². The summed E-state index contributed by atoms with van der Waals surface area (Å²) in [6.07, 6.45) is 3.36. The van der Waals surface area contributed by atoms with Crippen molar-refractivity contribution in [1.29, 1.82) is 0 Å². The Hall–Kier alpha value is -3.36. The van der Waals surface area contributed by atoms with Gasteiger partial charge in [0.2, 0.25) is 11.8 Å². The Balaban J connectivity index is 1.24. The summed E-state index contributed by atoms with van der Waals surface area (Å²) in [5, 5.41) is 14.0. The molecule has 6 rings (SSSR count). The molecule has 2 aromatic rings. The molecule has 0 aromatic heterocycles. The molecular weight excluding hydrogens is 446 g/mol. The zero-order valence-corrected chi connectivity index (χ0v) is 19.3. The number of nitrogens with one attached hydrogen (secondary N) is 1. The van der Waals surface area contributed by atoms with Crippen LogP contribution < -0.4 is 5.32 Å². The number of fused-ring (bicyclic) bond motifs is 3. The van der Waals surface area contributed by atoms with Gasteiger partial charge in [0, 0.05) is 25.0 Å².